The third kappa shape index (κ3) is 3.41. The summed E-state index contributed by atoms with van der Waals surface area (Å²) in [5, 5.41) is 40.2. The highest BCUT2D eigenvalue weighted by Gasteiger charge is 2.45. The van der Waals surface area contributed by atoms with E-state index in [2.05, 4.69) is 6.58 Å². The summed E-state index contributed by atoms with van der Waals surface area (Å²) in [6, 6.07) is 4.67. The molecule has 156 valence electrons. The van der Waals surface area contributed by atoms with Crippen LogP contribution >= 0.6 is 0 Å². The minimum absolute atomic E-state index is 0.0308. The van der Waals surface area contributed by atoms with E-state index in [9.17, 15) is 25.2 Å². The fraction of sp³-hybridized carbons (Fsp3) is 0.450. The molecule has 4 rings (SSSR count). The Hall–Kier alpha value is -2.43. The smallest absolute Gasteiger partial charge is 0.336 e. The summed E-state index contributed by atoms with van der Waals surface area (Å²) in [5.41, 5.74) is 1.07. The van der Waals surface area contributed by atoms with Gasteiger partial charge in [-0.05, 0) is 24.6 Å². The Labute approximate surface area is 165 Å². The third-order valence-corrected chi connectivity index (χ3v) is 5.20. The summed E-state index contributed by atoms with van der Waals surface area (Å²) in [6.45, 7) is 5.14. The Kier molecular flexibility index (Phi) is 5.09. The largest absolute Gasteiger partial charge is 0.481 e. The quantitative estimate of drug-likeness (QED) is 0.403. The zero-order valence-electron chi connectivity index (χ0n) is 15.6. The first-order valence-corrected chi connectivity index (χ1v) is 9.19. The van der Waals surface area contributed by atoms with E-state index >= 15 is 0 Å². The van der Waals surface area contributed by atoms with Crippen molar-refractivity contribution >= 4 is 11.0 Å². The molecule has 0 spiro atoms. The number of rotatable bonds is 4. The lowest BCUT2D eigenvalue weighted by Crippen LogP contribution is -2.60. The minimum atomic E-state index is -1.62. The zero-order valence-corrected chi connectivity index (χ0v) is 15.6. The van der Waals surface area contributed by atoms with Gasteiger partial charge in [-0.25, -0.2) is 4.79 Å². The standard InChI is InChI=1S/C20H22O9/c1-8(2)11-6-10-5-9-3-4-13(22)28-17(9)19(18(10)26-11)29-20-16(25)15(24)14(23)12(7-21)27-20/h3-5,11-12,14-16,20-21,23-25H,1,6-7H2,2H3/t11-,12-,14-,15+,16+,20+/m1/s1. The van der Waals surface area contributed by atoms with Crippen LogP contribution in [0.3, 0.4) is 0 Å². The van der Waals surface area contributed by atoms with Crippen molar-refractivity contribution < 1.29 is 39.1 Å². The molecule has 0 amide bonds. The highest BCUT2D eigenvalue weighted by atomic mass is 16.7. The van der Waals surface area contributed by atoms with Crippen molar-refractivity contribution in [2.24, 2.45) is 0 Å². The van der Waals surface area contributed by atoms with Crippen molar-refractivity contribution in [3.63, 3.8) is 0 Å². The molecule has 0 unspecified atom stereocenters. The monoisotopic (exact) mass is 406 g/mol. The Balaban J connectivity index is 1.79. The molecule has 0 radical (unpaired) electrons. The van der Waals surface area contributed by atoms with Crippen LogP contribution in [0.4, 0.5) is 0 Å². The maximum absolute atomic E-state index is 11.8. The number of benzene rings is 1. The van der Waals surface area contributed by atoms with Crippen LogP contribution in [-0.4, -0.2) is 63.8 Å². The van der Waals surface area contributed by atoms with Crippen molar-refractivity contribution in [1.29, 1.82) is 0 Å². The van der Waals surface area contributed by atoms with Gasteiger partial charge in [0.25, 0.3) is 0 Å². The predicted octanol–water partition coefficient (Wildman–Crippen LogP) is -0.149. The maximum atomic E-state index is 11.8. The first kappa shape index (κ1) is 19.9. The van der Waals surface area contributed by atoms with Crippen molar-refractivity contribution in [3.05, 3.63) is 46.3 Å². The van der Waals surface area contributed by atoms with Crippen molar-refractivity contribution in [2.75, 3.05) is 6.61 Å². The summed E-state index contributed by atoms with van der Waals surface area (Å²) in [5.74, 6) is 0.347. The summed E-state index contributed by atoms with van der Waals surface area (Å²) in [4.78, 5) is 11.8. The minimum Gasteiger partial charge on any atom is -0.481 e. The molecule has 0 aliphatic carbocycles. The molecule has 9 heteroatoms. The van der Waals surface area contributed by atoms with Gasteiger partial charge in [0, 0.05) is 23.4 Å². The number of aliphatic hydroxyl groups is 4. The molecule has 1 aromatic heterocycles. The van der Waals surface area contributed by atoms with Gasteiger partial charge >= 0.3 is 5.63 Å². The molecule has 0 saturated carbocycles. The fourth-order valence-electron chi connectivity index (χ4n) is 3.55. The molecule has 0 bridgehead atoms. The predicted molar refractivity (Wildman–Crippen MR) is 99.8 cm³/mol. The number of hydrogen-bond acceptors (Lipinski definition) is 9. The average Bonchev–Trinajstić information content (AvgIpc) is 3.12. The molecule has 2 aliphatic rings. The first-order valence-electron chi connectivity index (χ1n) is 9.19. The van der Waals surface area contributed by atoms with E-state index in [0.717, 1.165) is 11.1 Å². The molecular weight excluding hydrogens is 384 g/mol. The van der Waals surface area contributed by atoms with Crippen molar-refractivity contribution in [2.45, 2.75) is 50.2 Å². The Morgan fingerprint density at radius 2 is 2.00 bits per heavy atom. The van der Waals surface area contributed by atoms with Crippen LogP contribution in [-0.2, 0) is 11.2 Å². The van der Waals surface area contributed by atoms with Gasteiger partial charge in [0.1, 0.15) is 30.5 Å². The Morgan fingerprint density at radius 1 is 1.24 bits per heavy atom. The topological polar surface area (TPSA) is 139 Å². The molecule has 3 heterocycles. The van der Waals surface area contributed by atoms with Crippen LogP contribution in [0.1, 0.15) is 12.5 Å². The van der Waals surface area contributed by atoms with Gasteiger partial charge in [-0.1, -0.05) is 6.58 Å². The van der Waals surface area contributed by atoms with Gasteiger partial charge in [0.05, 0.1) is 6.61 Å². The first-order chi connectivity index (χ1) is 13.8. The molecule has 9 nitrogen and oxygen atoms in total. The molecule has 1 saturated heterocycles. The SMILES string of the molecule is C=C(C)[C@H]1Cc2cc3ccc(=O)oc3c(O[C@@H]3O[C@H](CO)[C@@H](O)[C@H](O)[C@@H]3O)c2O1. The van der Waals surface area contributed by atoms with Crippen molar-refractivity contribution in [1.82, 2.24) is 0 Å². The molecule has 2 aromatic rings. The molecule has 4 N–H and O–H groups in total. The van der Waals surface area contributed by atoms with Crippen LogP contribution in [0.2, 0.25) is 0 Å². The number of aliphatic hydroxyl groups excluding tert-OH is 4. The molecule has 2 aliphatic heterocycles. The van der Waals surface area contributed by atoms with E-state index in [4.69, 9.17) is 18.6 Å². The second-order valence-electron chi connectivity index (χ2n) is 7.34. The summed E-state index contributed by atoms with van der Waals surface area (Å²) in [7, 11) is 0. The van der Waals surface area contributed by atoms with Crippen LogP contribution in [0, 0.1) is 0 Å². The summed E-state index contributed by atoms with van der Waals surface area (Å²) in [6.07, 6.45) is -7.10. The highest BCUT2D eigenvalue weighted by molar-refractivity contribution is 5.87. The van der Waals surface area contributed by atoms with Crippen LogP contribution in [0.25, 0.3) is 11.0 Å². The lowest BCUT2D eigenvalue weighted by molar-refractivity contribution is -0.277. The summed E-state index contributed by atoms with van der Waals surface area (Å²) < 4.78 is 22.5. The van der Waals surface area contributed by atoms with E-state index in [0.29, 0.717) is 17.6 Å². The highest BCUT2D eigenvalue weighted by Crippen LogP contribution is 2.45. The van der Waals surface area contributed by atoms with Crippen LogP contribution < -0.4 is 15.1 Å². The lowest BCUT2D eigenvalue weighted by Gasteiger charge is -2.39. The fourth-order valence-corrected chi connectivity index (χ4v) is 3.55. The van der Waals surface area contributed by atoms with E-state index in [1.165, 1.54) is 6.07 Å². The van der Waals surface area contributed by atoms with Gasteiger partial charge in [-0.3, -0.25) is 0 Å². The van der Waals surface area contributed by atoms with Crippen LogP contribution in [0.15, 0.2) is 39.6 Å². The zero-order chi connectivity index (χ0) is 20.9. The van der Waals surface area contributed by atoms with E-state index < -0.39 is 42.9 Å². The lowest BCUT2D eigenvalue weighted by atomic mass is 9.99. The number of ether oxygens (including phenoxy) is 3. The second kappa shape index (κ2) is 7.43. The maximum Gasteiger partial charge on any atom is 0.336 e. The van der Waals surface area contributed by atoms with Gasteiger partial charge in [-0.2, -0.15) is 0 Å². The molecule has 6 atom stereocenters. The van der Waals surface area contributed by atoms with Gasteiger partial charge < -0.3 is 39.1 Å². The Bertz CT molecular complexity index is 995. The van der Waals surface area contributed by atoms with E-state index in [-0.39, 0.29) is 17.4 Å². The van der Waals surface area contributed by atoms with Gasteiger partial charge in [0.15, 0.2) is 11.3 Å². The number of fused-ring (bicyclic) bond motifs is 2. The van der Waals surface area contributed by atoms with E-state index in [1.54, 1.807) is 6.07 Å². The number of hydrogen-bond donors (Lipinski definition) is 4. The van der Waals surface area contributed by atoms with Crippen LogP contribution in [0.5, 0.6) is 11.5 Å². The average molecular weight is 406 g/mol. The van der Waals surface area contributed by atoms with Gasteiger partial charge in [-0.15, -0.1) is 0 Å². The van der Waals surface area contributed by atoms with Crippen molar-refractivity contribution in [3.8, 4) is 11.5 Å². The second-order valence-corrected chi connectivity index (χ2v) is 7.34. The molecular formula is C20H22O9. The molecule has 1 aromatic carbocycles. The third-order valence-electron chi connectivity index (χ3n) is 5.20. The molecule has 1 fully saturated rings. The molecule has 29 heavy (non-hydrogen) atoms. The van der Waals surface area contributed by atoms with Gasteiger partial charge in [0.2, 0.25) is 12.0 Å². The Morgan fingerprint density at radius 3 is 2.69 bits per heavy atom. The normalized spacial score (nSPS) is 31.3. The summed E-state index contributed by atoms with van der Waals surface area (Å²) >= 11 is 0. The van der Waals surface area contributed by atoms with E-state index in [1.807, 2.05) is 13.0 Å².